The molecule has 1 aromatic carbocycles. The lowest BCUT2D eigenvalue weighted by Gasteiger charge is -2.17. The quantitative estimate of drug-likeness (QED) is 0.780. The van der Waals surface area contributed by atoms with Crippen LogP contribution in [-0.4, -0.2) is 51.9 Å². The molecule has 0 bridgehead atoms. The number of hydrogen-bond acceptors (Lipinski definition) is 4. The summed E-state index contributed by atoms with van der Waals surface area (Å²) in [5.41, 5.74) is 2.17. The number of benzene rings is 1. The summed E-state index contributed by atoms with van der Waals surface area (Å²) in [6.45, 7) is 5.41. The minimum Gasteiger partial charge on any atom is -0.342 e. The summed E-state index contributed by atoms with van der Waals surface area (Å²) in [5, 5.41) is 3.30. The van der Waals surface area contributed by atoms with Crippen molar-refractivity contribution >= 4 is 28.3 Å². The summed E-state index contributed by atoms with van der Waals surface area (Å²) in [5.74, 6) is 0.635. The fourth-order valence-electron chi connectivity index (χ4n) is 3.63. The van der Waals surface area contributed by atoms with E-state index in [1.807, 2.05) is 11.0 Å². The number of nitrogens with zero attached hydrogens (tertiary/aromatic N) is 1. The second-order valence-corrected chi connectivity index (χ2v) is 8.75. The molecule has 2 aliphatic rings. The fraction of sp³-hybridized carbons (Fsp3) is 0.611. The molecule has 1 saturated heterocycles. The van der Waals surface area contributed by atoms with E-state index < -0.39 is 10.0 Å². The monoisotopic (exact) mass is 401 g/mol. The van der Waals surface area contributed by atoms with Gasteiger partial charge in [-0.05, 0) is 68.0 Å². The number of nitrogens with one attached hydrogen (secondary N) is 2. The minimum atomic E-state index is -3.48. The Hall–Kier alpha value is -1.15. The number of amides is 1. The number of sulfonamides is 1. The lowest BCUT2D eigenvalue weighted by Crippen LogP contribution is -2.30. The molecule has 0 spiro atoms. The Morgan fingerprint density at radius 2 is 2.00 bits per heavy atom. The van der Waals surface area contributed by atoms with Crippen LogP contribution in [0.15, 0.2) is 23.1 Å². The Bertz CT molecular complexity index is 733. The summed E-state index contributed by atoms with van der Waals surface area (Å²) in [6.07, 6.45) is 3.46. The van der Waals surface area contributed by atoms with E-state index in [4.69, 9.17) is 0 Å². The predicted molar refractivity (Wildman–Crippen MR) is 104 cm³/mol. The Balaban J connectivity index is 0.00000243. The van der Waals surface area contributed by atoms with Crippen LogP contribution in [0.4, 0.5) is 0 Å². The van der Waals surface area contributed by atoms with E-state index in [9.17, 15) is 13.2 Å². The van der Waals surface area contributed by atoms with Crippen molar-refractivity contribution in [1.29, 1.82) is 0 Å². The van der Waals surface area contributed by atoms with Crippen molar-refractivity contribution in [2.75, 3.05) is 32.7 Å². The first-order valence-electron chi connectivity index (χ1n) is 9.03. The topological polar surface area (TPSA) is 78.5 Å². The summed E-state index contributed by atoms with van der Waals surface area (Å²) in [4.78, 5) is 13.7. The van der Waals surface area contributed by atoms with Crippen LogP contribution in [-0.2, 0) is 27.7 Å². The summed E-state index contributed by atoms with van der Waals surface area (Å²) >= 11 is 0. The van der Waals surface area contributed by atoms with Crippen LogP contribution in [0.2, 0.25) is 0 Å². The molecule has 0 aromatic heterocycles. The molecule has 8 heteroatoms. The molecule has 6 nitrogen and oxygen atoms in total. The van der Waals surface area contributed by atoms with Gasteiger partial charge in [-0.15, -0.1) is 12.4 Å². The SMILES string of the molecule is CC(=O)N1CCc2ccc(S(=O)(=O)NCCC3CCNC3)cc2CC1.Cl. The predicted octanol–water partition coefficient (Wildman–Crippen LogP) is 1.33. The maximum Gasteiger partial charge on any atom is 0.240 e. The Morgan fingerprint density at radius 1 is 1.27 bits per heavy atom. The van der Waals surface area contributed by atoms with Crippen LogP contribution in [0.25, 0.3) is 0 Å². The second-order valence-electron chi connectivity index (χ2n) is 6.98. The molecule has 3 rings (SSSR count). The zero-order valence-electron chi connectivity index (χ0n) is 15.2. The maximum atomic E-state index is 12.6. The molecule has 146 valence electrons. The number of halogens is 1. The van der Waals surface area contributed by atoms with Crippen molar-refractivity contribution in [3.8, 4) is 0 Å². The third-order valence-electron chi connectivity index (χ3n) is 5.24. The first kappa shape index (κ1) is 21.2. The average molecular weight is 402 g/mol. The van der Waals surface area contributed by atoms with Crippen LogP contribution in [0.3, 0.4) is 0 Å². The van der Waals surface area contributed by atoms with Gasteiger partial charge in [-0.1, -0.05) is 6.07 Å². The van der Waals surface area contributed by atoms with E-state index >= 15 is 0 Å². The Morgan fingerprint density at radius 3 is 2.65 bits per heavy atom. The van der Waals surface area contributed by atoms with Gasteiger partial charge < -0.3 is 10.2 Å². The van der Waals surface area contributed by atoms with Crippen molar-refractivity contribution in [3.63, 3.8) is 0 Å². The van der Waals surface area contributed by atoms with E-state index in [0.29, 0.717) is 36.9 Å². The van der Waals surface area contributed by atoms with Crippen molar-refractivity contribution in [2.45, 2.75) is 37.5 Å². The number of rotatable bonds is 5. The van der Waals surface area contributed by atoms with Crippen molar-refractivity contribution in [2.24, 2.45) is 5.92 Å². The van der Waals surface area contributed by atoms with Gasteiger partial charge in [0.05, 0.1) is 4.90 Å². The zero-order valence-corrected chi connectivity index (χ0v) is 16.8. The molecule has 2 N–H and O–H groups in total. The first-order valence-corrected chi connectivity index (χ1v) is 10.5. The van der Waals surface area contributed by atoms with Gasteiger partial charge in [-0.25, -0.2) is 13.1 Å². The maximum absolute atomic E-state index is 12.6. The minimum absolute atomic E-state index is 0. The van der Waals surface area contributed by atoms with E-state index in [-0.39, 0.29) is 18.3 Å². The molecule has 2 heterocycles. The molecular weight excluding hydrogens is 374 g/mol. The average Bonchev–Trinajstić information content (AvgIpc) is 2.99. The lowest BCUT2D eigenvalue weighted by atomic mass is 10.0. The molecule has 1 unspecified atom stereocenters. The standard InChI is InChI=1S/C18H27N3O3S.ClH/c1-14(22)21-10-6-16-2-3-18(12-17(16)7-11-21)25(23,24)20-9-5-15-4-8-19-13-15;/h2-3,12,15,19-20H,4-11,13H2,1H3;1H. The molecule has 1 fully saturated rings. The van der Waals surface area contributed by atoms with Gasteiger partial charge in [0.1, 0.15) is 0 Å². The summed E-state index contributed by atoms with van der Waals surface area (Å²) < 4.78 is 27.8. The molecular formula is C18H28ClN3O3S. The molecule has 2 aliphatic heterocycles. The molecule has 0 aliphatic carbocycles. The molecule has 1 atom stereocenters. The summed E-state index contributed by atoms with van der Waals surface area (Å²) in [6, 6.07) is 5.36. The van der Waals surface area contributed by atoms with Gasteiger partial charge in [0.25, 0.3) is 0 Å². The van der Waals surface area contributed by atoms with E-state index in [1.54, 1.807) is 19.1 Å². The number of fused-ring (bicyclic) bond motifs is 1. The van der Waals surface area contributed by atoms with Gasteiger partial charge in [0.2, 0.25) is 15.9 Å². The van der Waals surface area contributed by atoms with E-state index in [0.717, 1.165) is 43.5 Å². The van der Waals surface area contributed by atoms with Crippen LogP contribution in [0, 0.1) is 5.92 Å². The normalized spacial score (nSPS) is 20.2. The number of carbonyl (C=O) groups excluding carboxylic acids is 1. The highest BCUT2D eigenvalue weighted by Gasteiger charge is 2.20. The third-order valence-corrected chi connectivity index (χ3v) is 6.70. The molecule has 26 heavy (non-hydrogen) atoms. The number of carbonyl (C=O) groups is 1. The van der Waals surface area contributed by atoms with Crippen LogP contribution in [0.5, 0.6) is 0 Å². The van der Waals surface area contributed by atoms with E-state index in [1.165, 1.54) is 0 Å². The molecule has 0 radical (unpaired) electrons. The van der Waals surface area contributed by atoms with Gasteiger partial charge >= 0.3 is 0 Å². The van der Waals surface area contributed by atoms with Crippen molar-refractivity contribution in [3.05, 3.63) is 29.3 Å². The third kappa shape index (κ3) is 5.19. The van der Waals surface area contributed by atoms with E-state index in [2.05, 4.69) is 10.0 Å². The highest BCUT2D eigenvalue weighted by atomic mass is 35.5. The first-order chi connectivity index (χ1) is 12.0. The van der Waals surface area contributed by atoms with Crippen LogP contribution >= 0.6 is 12.4 Å². The fourth-order valence-corrected chi connectivity index (χ4v) is 4.72. The molecule has 1 aromatic rings. The van der Waals surface area contributed by atoms with Crippen LogP contribution in [0.1, 0.15) is 30.9 Å². The molecule has 0 saturated carbocycles. The Labute approximate surface area is 162 Å². The largest absolute Gasteiger partial charge is 0.342 e. The van der Waals surface area contributed by atoms with Gasteiger partial charge in [-0.3, -0.25) is 4.79 Å². The highest BCUT2D eigenvalue weighted by molar-refractivity contribution is 7.89. The van der Waals surface area contributed by atoms with Gasteiger partial charge in [-0.2, -0.15) is 0 Å². The highest BCUT2D eigenvalue weighted by Crippen LogP contribution is 2.21. The smallest absolute Gasteiger partial charge is 0.240 e. The van der Waals surface area contributed by atoms with Gasteiger partial charge in [0.15, 0.2) is 0 Å². The van der Waals surface area contributed by atoms with Gasteiger partial charge in [0, 0.05) is 26.6 Å². The lowest BCUT2D eigenvalue weighted by molar-refractivity contribution is -0.128. The Kier molecular flexibility index (Phi) is 7.46. The molecule has 1 amide bonds. The van der Waals surface area contributed by atoms with Crippen molar-refractivity contribution < 1.29 is 13.2 Å². The van der Waals surface area contributed by atoms with Crippen LogP contribution < -0.4 is 10.0 Å². The number of hydrogen-bond donors (Lipinski definition) is 2. The second kappa shape index (κ2) is 9.17. The zero-order chi connectivity index (χ0) is 17.9. The summed E-state index contributed by atoms with van der Waals surface area (Å²) in [7, 11) is -3.48. The van der Waals surface area contributed by atoms with Crippen molar-refractivity contribution in [1.82, 2.24) is 14.9 Å².